The van der Waals surface area contributed by atoms with Crippen LogP contribution >= 0.6 is 0 Å². The Morgan fingerprint density at radius 1 is 0.895 bits per heavy atom. The van der Waals surface area contributed by atoms with Crippen molar-refractivity contribution in [1.82, 2.24) is 20.9 Å². The van der Waals surface area contributed by atoms with Crippen LogP contribution in [0, 0.1) is 0 Å². The lowest BCUT2D eigenvalue weighted by Crippen LogP contribution is -2.47. The largest absolute Gasteiger partial charge is 0.392 e. The molecule has 0 aliphatic carbocycles. The van der Waals surface area contributed by atoms with E-state index < -0.39 is 23.9 Å². The Hall–Kier alpha value is -4.26. The summed E-state index contributed by atoms with van der Waals surface area (Å²) in [4.78, 5) is 72.3. The van der Waals surface area contributed by atoms with E-state index in [0.717, 1.165) is 4.90 Å². The molecule has 38 heavy (non-hydrogen) atoms. The maximum atomic E-state index is 12.8. The first-order chi connectivity index (χ1) is 18.2. The summed E-state index contributed by atoms with van der Waals surface area (Å²) in [5, 5.41) is 19.4. The second-order valence-corrected chi connectivity index (χ2v) is 8.65. The molecule has 1 aromatic rings. The van der Waals surface area contributed by atoms with Crippen molar-refractivity contribution in [3.05, 3.63) is 42.0 Å². The summed E-state index contributed by atoms with van der Waals surface area (Å²) in [5.74, 6) is -2.06. The number of nitrogens with two attached hydrogens (primary N) is 1. The Morgan fingerprint density at radius 2 is 1.58 bits per heavy atom. The van der Waals surface area contributed by atoms with Gasteiger partial charge in [0.1, 0.15) is 6.04 Å². The van der Waals surface area contributed by atoms with Crippen LogP contribution < -0.4 is 27.0 Å². The summed E-state index contributed by atoms with van der Waals surface area (Å²) in [6.45, 7) is 0.0474. The van der Waals surface area contributed by atoms with Gasteiger partial charge < -0.3 is 32.1 Å². The van der Waals surface area contributed by atoms with Crippen LogP contribution in [0.2, 0.25) is 0 Å². The highest BCUT2D eigenvalue weighted by Gasteiger charge is 2.23. The Bertz CT molecular complexity index is 1020. The monoisotopic (exact) mass is 530 g/mol. The Morgan fingerprint density at radius 3 is 2.21 bits per heavy atom. The van der Waals surface area contributed by atoms with Crippen molar-refractivity contribution >= 4 is 41.3 Å². The molecule has 1 unspecified atom stereocenters. The molecule has 0 radical (unpaired) electrons. The molecule has 13 nitrogen and oxygen atoms in total. The van der Waals surface area contributed by atoms with Crippen molar-refractivity contribution in [2.75, 3.05) is 25.0 Å². The first-order valence-electron chi connectivity index (χ1n) is 12.3. The van der Waals surface area contributed by atoms with Gasteiger partial charge in [0.25, 0.3) is 11.8 Å². The third kappa shape index (κ3) is 10.8. The zero-order valence-electron chi connectivity index (χ0n) is 21.0. The number of anilines is 1. The highest BCUT2D eigenvalue weighted by Crippen LogP contribution is 2.11. The maximum Gasteiger partial charge on any atom is 0.312 e. The lowest BCUT2D eigenvalue weighted by molar-refractivity contribution is -0.137. The molecule has 1 aromatic carbocycles. The van der Waals surface area contributed by atoms with Crippen LogP contribution in [0.3, 0.4) is 0 Å². The topological polar surface area (TPSA) is 200 Å². The quantitative estimate of drug-likeness (QED) is 0.124. The van der Waals surface area contributed by atoms with Crippen molar-refractivity contribution in [2.45, 2.75) is 51.2 Å². The zero-order valence-corrected chi connectivity index (χ0v) is 21.0. The van der Waals surface area contributed by atoms with Gasteiger partial charge in [-0.15, -0.1) is 0 Å². The number of aliphatic hydroxyl groups excluding tert-OH is 1. The van der Waals surface area contributed by atoms with Gasteiger partial charge in [-0.2, -0.15) is 0 Å². The van der Waals surface area contributed by atoms with Crippen molar-refractivity contribution in [1.29, 1.82) is 0 Å². The third-order valence-electron chi connectivity index (χ3n) is 5.66. The van der Waals surface area contributed by atoms with Gasteiger partial charge in [0.05, 0.1) is 13.2 Å². The molecule has 1 aliphatic rings. The Balaban J connectivity index is 1.75. The number of amides is 7. The molecule has 0 saturated carbocycles. The number of unbranched alkanes of at least 4 members (excludes halogenated alkanes) is 2. The number of aliphatic hydroxyl groups is 1. The second kappa shape index (κ2) is 15.8. The number of imide groups is 1. The number of hydrogen-bond acceptors (Lipinski definition) is 7. The molecule has 7 N–H and O–H groups in total. The van der Waals surface area contributed by atoms with Crippen molar-refractivity contribution in [2.24, 2.45) is 5.73 Å². The minimum Gasteiger partial charge on any atom is -0.392 e. The van der Waals surface area contributed by atoms with E-state index in [0.29, 0.717) is 43.5 Å². The van der Waals surface area contributed by atoms with E-state index in [9.17, 15) is 28.8 Å². The molecule has 0 bridgehead atoms. The number of carbonyl (C=O) groups excluding carboxylic acids is 6. The van der Waals surface area contributed by atoms with Gasteiger partial charge in [-0.25, -0.2) is 4.79 Å². The molecule has 1 heterocycles. The molecule has 0 saturated heterocycles. The van der Waals surface area contributed by atoms with E-state index in [1.54, 1.807) is 24.3 Å². The zero-order chi connectivity index (χ0) is 27.9. The summed E-state index contributed by atoms with van der Waals surface area (Å²) >= 11 is 0. The molecular weight excluding hydrogens is 496 g/mol. The molecule has 13 heteroatoms. The first-order valence-corrected chi connectivity index (χ1v) is 12.3. The lowest BCUT2D eigenvalue weighted by atomic mass is 10.1. The number of rotatable bonds is 16. The van der Waals surface area contributed by atoms with Crippen LogP contribution in [0.4, 0.5) is 10.5 Å². The number of carbonyl (C=O) groups is 6. The second-order valence-electron chi connectivity index (χ2n) is 8.65. The van der Waals surface area contributed by atoms with Gasteiger partial charge in [-0.05, 0) is 43.4 Å². The smallest absolute Gasteiger partial charge is 0.312 e. The van der Waals surface area contributed by atoms with E-state index in [4.69, 9.17) is 10.8 Å². The number of urea groups is 1. The minimum atomic E-state index is -0.933. The molecule has 7 amide bonds. The van der Waals surface area contributed by atoms with Gasteiger partial charge in [0, 0.05) is 37.3 Å². The standard InChI is InChI=1S/C25H34N6O7/c26-25(38)27-13-4-5-19(24(37)29-18-9-7-17(16-32)8-10-18)30-21(34)15-28-20(33)6-2-1-3-14-31-22(35)11-12-23(31)36/h7-12,19,32H,1-6,13-16H2,(H,28,33)(H,29,37)(H,30,34)(H3,26,27,38). The summed E-state index contributed by atoms with van der Waals surface area (Å²) in [7, 11) is 0. The molecule has 1 atom stereocenters. The molecule has 1 aliphatic heterocycles. The number of hydrogen-bond donors (Lipinski definition) is 6. The summed E-state index contributed by atoms with van der Waals surface area (Å²) in [6, 6.07) is 4.91. The molecule has 0 aromatic heterocycles. The van der Waals surface area contributed by atoms with Gasteiger partial charge in [-0.1, -0.05) is 18.6 Å². The normalized spacial score (nSPS) is 13.2. The molecule has 206 valence electrons. The molecule has 2 rings (SSSR count). The van der Waals surface area contributed by atoms with Crippen LogP contribution in [0.25, 0.3) is 0 Å². The Kier molecular flexibility index (Phi) is 12.4. The summed E-state index contributed by atoms with van der Waals surface area (Å²) in [6.07, 6.45) is 4.89. The third-order valence-corrected chi connectivity index (χ3v) is 5.66. The summed E-state index contributed by atoms with van der Waals surface area (Å²) < 4.78 is 0. The van der Waals surface area contributed by atoms with Crippen molar-refractivity contribution < 1.29 is 33.9 Å². The van der Waals surface area contributed by atoms with Crippen LogP contribution in [0.5, 0.6) is 0 Å². The fourth-order valence-corrected chi connectivity index (χ4v) is 3.61. The van der Waals surface area contributed by atoms with E-state index in [1.807, 2.05) is 0 Å². The predicted molar refractivity (Wildman–Crippen MR) is 137 cm³/mol. The van der Waals surface area contributed by atoms with Gasteiger partial charge >= 0.3 is 6.03 Å². The van der Waals surface area contributed by atoms with Crippen LogP contribution in [0.1, 0.15) is 44.1 Å². The molecule has 0 fully saturated rings. The summed E-state index contributed by atoms with van der Waals surface area (Å²) in [5.41, 5.74) is 6.20. The molecular formula is C25H34N6O7. The average Bonchev–Trinajstić information content (AvgIpc) is 3.21. The van der Waals surface area contributed by atoms with Crippen LogP contribution in [-0.4, -0.2) is 71.2 Å². The highest BCUT2D eigenvalue weighted by atomic mass is 16.3. The van der Waals surface area contributed by atoms with Crippen molar-refractivity contribution in [3.8, 4) is 0 Å². The van der Waals surface area contributed by atoms with Gasteiger partial charge in [0.15, 0.2) is 0 Å². The molecule has 0 spiro atoms. The number of benzene rings is 1. The minimum absolute atomic E-state index is 0.135. The fraction of sp³-hybridized carbons (Fsp3) is 0.440. The highest BCUT2D eigenvalue weighted by molar-refractivity contribution is 6.12. The van der Waals surface area contributed by atoms with Crippen molar-refractivity contribution in [3.63, 3.8) is 0 Å². The first kappa shape index (κ1) is 30.0. The average molecular weight is 531 g/mol. The number of primary amides is 1. The van der Waals surface area contributed by atoms with Gasteiger partial charge in [-0.3, -0.25) is 28.9 Å². The predicted octanol–water partition coefficient (Wildman–Crippen LogP) is -0.348. The van der Waals surface area contributed by atoms with E-state index in [2.05, 4.69) is 21.3 Å². The fourth-order valence-electron chi connectivity index (χ4n) is 3.61. The van der Waals surface area contributed by atoms with Crippen LogP contribution in [-0.2, 0) is 30.6 Å². The van der Waals surface area contributed by atoms with E-state index in [1.165, 1.54) is 12.2 Å². The van der Waals surface area contributed by atoms with Crippen LogP contribution in [0.15, 0.2) is 36.4 Å². The van der Waals surface area contributed by atoms with E-state index in [-0.39, 0.29) is 50.3 Å². The number of nitrogens with zero attached hydrogens (tertiary/aromatic N) is 1. The Labute approximate surface area is 220 Å². The number of nitrogens with one attached hydrogen (secondary N) is 4. The maximum absolute atomic E-state index is 12.8. The van der Waals surface area contributed by atoms with Gasteiger partial charge in [0.2, 0.25) is 17.7 Å². The lowest BCUT2D eigenvalue weighted by Gasteiger charge is -2.19. The van der Waals surface area contributed by atoms with E-state index >= 15 is 0 Å². The SMILES string of the molecule is NC(=O)NCCCC(NC(=O)CNC(=O)CCCCCN1C(=O)C=CC1=O)C(=O)Nc1ccc(CO)cc1.